The second-order valence-electron chi connectivity index (χ2n) is 19.9. The third kappa shape index (κ3) is 8.70. The lowest BCUT2D eigenvalue weighted by atomic mass is 9.59. The molecule has 1 spiro atoms. The predicted molar refractivity (Wildman–Crippen MR) is 248 cm³/mol. The van der Waals surface area contributed by atoms with Crippen molar-refractivity contribution >= 4 is 38.3 Å². The molecule has 3 saturated carbocycles. The number of rotatable bonds is 11. The number of nitrogens with zero attached hydrogens (tertiary/aromatic N) is 4. The van der Waals surface area contributed by atoms with Gasteiger partial charge in [0.05, 0.1) is 46.4 Å². The Bertz CT molecular complexity index is 2820. The van der Waals surface area contributed by atoms with Crippen LogP contribution in [0.2, 0.25) is 0 Å². The molecule has 1 amide bonds. The molecular formula is C50H56N6O10S. The number of morpholine rings is 1. The topological polar surface area (TPSA) is 199 Å². The van der Waals surface area contributed by atoms with E-state index in [-0.39, 0.29) is 46.8 Å². The van der Waals surface area contributed by atoms with Gasteiger partial charge in [0.15, 0.2) is 5.75 Å². The Morgan fingerprint density at radius 1 is 0.970 bits per heavy atom. The molecule has 3 N–H and O–H groups in total. The summed E-state index contributed by atoms with van der Waals surface area (Å²) in [7, 11) is -4.69. The van der Waals surface area contributed by atoms with E-state index in [9.17, 15) is 28.4 Å². The number of nitro benzene ring substituents is 1. The number of amides is 1. The first-order valence-corrected chi connectivity index (χ1v) is 25.1. The van der Waals surface area contributed by atoms with Gasteiger partial charge >= 0.3 is 5.69 Å². The number of piperidine rings is 1. The van der Waals surface area contributed by atoms with Gasteiger partial charge < -0.3 is 33.9 Å². The van der Waals surface area contributed by atoms with Crippen LogP contribution in [-0.2, 0) is 14.8 Å². The number of sulfonamides is 1. The number of hydrogen-bond donors (Lipinski definition) is 3. The number of pyridine rings is 1. The van der Waals surface area contributed by atoms with Gasteiger partial charge in [-0.3, -0.25) is 19.8 Å². The van der Waals surface area contributed by atoms with Crippen molar-refractivity contribution in [3.63, 3.8) is 0 Å². The fourth-order valence-electron chi connectivity index (χ4n) is 11.3. The summed E-state index contributed by atoms with van der Waals surface area (Å²) in [6.07, 6.45) is 12.1. The van der Waals surface area contributed by atoms with E-state index < -0.39 is 43.1 Å². The summed E-state index contributed by atoms with van der Waals surface area (Å²) in [6.45, 7) is 5.89. The van der Waals surface area contributed by atoms with Crippen molar-refractivity contribution in [2.75, 3.05) is 44.4 Å². The van der Waals surface area contributed by atoms with Crippen molar-refractivity contribution in [3.05, 3.63) is 106 Å². The number of ether oxygens (including phenoxy) is 4. The first-order valence-electron chi connectivity index (χ1n) is 23.6. The van der Waals surface area contributed by atoms with Crippen molar-refractivity contribution in [1.29, 1.82) is 0 Å². The Morgan fingerprint density at radius 3 is 2.51 bits per heavy atom. The van der Waals surface area contributed by atoms with Crippen LogP contribution >= 0.6 is 0 Å². The molecule has 3 aromatic carbocycles. The zero-order valence-corrected chi connectivity index (χ0v) is 38.3. The van der Waals surface area contributed by atoms with E-state index in [2.05, 4.69) is 48.8 Å². The number of aromatic nitrogens is 2. The molecule has 3 aliphatic heterocycles. The molecule has 1 unspecified atom stereocenters. The van der Waals surface area contributed by atoms with Gasteiger partial charge in [-0.15, -0.1) is 0 Å². The number of H-pyrrole nitrogens is 1. The normalized spacial score (nSPS) is 25.4. The van der Waals surface area contributed by atoms with E-state index in [4.69, 9.17) is 18.9 Å². The zero-order chi connectivity index (χ0) is 46.1. The van der Waals surface area contributed by atoms with E-state index in [1.807, 2.05) is 6.07 Å². The number of carbonyl (C=O) groups excluding carboxylic acids is 1. The van der Waals surface area contributed by atoms with E-state index in [1.54, 1.807) is 37.4 Å². The highest BCUT2D eigenvalue weighted by Gasteiger charge is 2.50. The second-order valence-corrected chi connectivity index (χ2v) is 21.6. The fourth-order valence-corrected chi connectivity index (χ4v) is 12.3. The van der Waals surface area contributed by atoms with E-state index in [1.165, 1.54) is 30.2 Å². The van der Waals surface area contributed by atoms with Gasteiger partial charge in [-0.05, 0) is 124 Å². The number of nitrogens with one attached hydrogen (secondary N) is 2. The molecule has 2 atom stereocenters. The number of benzene rings is 3. The van der Waals surface area contributed by atoms with Gasteiger partial charge in [-0.2, -0.15) is 0 Å². The highest BCUT2D eigenvalue weighted by molar-refractivity contribution is 7.90. The van der Waals surface area contributed by atoms with E-state index >= 15 is 0 Å². The predicted octanol–water partition coefficient (Wildman–Crippen LogP) is 8.16. The van der Waals surface area contributed by atoms with Gasteiger partial charge in [0.1, 0.15) is 29.9 Å². The zero-order valence-electron chi connectivity index (χ0n) is 37.5. The Labute approximate surface area is 389 Å². The van der Waals surface area contributed by atoms with Crippen LogP contribution in [-0.4, -0.2) is 96.4 Å². The van der Waals surface area contributed by atoms with Crippen LogP contribution in [0.3, 0.4) is 0 Å². The Morgan fingerprint density at radius 2 is 1.75 bits per heavy atom. The summed E-state index contributed by atoms with van der Waals surface area (Å²) in [4.78, 5) is 37.7. The van der Waals surface area contributed by atoms with E-state index in [0.717, 1.165) is 81.7 Å². The third-order valence-corrected chi connectivity index (χ3v) is 16.7. The van der Waals surface area contributed by atoms with E-state index in [0.29, 0.717) is 49.0 Å². The fraction of sp³-hybridized carbons (Fsp3) is 0.480. The maximum absolute atomic E-state index is 14.1. The molecule has 16 nitrogen and oxygen atoms in total. The van der Waals surface area contributed by atoms with Crippen LogP contribution in [0.5, 0.6) is 23.0 Å². The molecule has 0 radical (unpaired) electrons. The Balaban J connectivity index is 0.802. The van der Waals surface area contributed by atoms with Crippen molar-refractivity contribution < 1.29 is 42.2 Å². The molecule has 2 saturated heterocycles. The van der Waals surface area contributed by atoms with Crippen LogP contribution in [0.15, 0.2) is 84.0 Å². The molecule has 11 rings (SSSR count). The molecule has 0 bridgehead atoms. The number of nitro groups is 1. The summed E-state index contributed by atoms with van der Waals surface area (Å²) in [6, 6.07) is 20.5. The van der Waals surface area contributed by atoms with Gasteiger partial charge in [0.2, 0.25) is 5.75 Å². The van der Waals surface area contributed by atoms with Crippen LogP contribution in [0.4, 0.5) is 11.4 Å². The van der Waals surface area contributed by atoms with Crippen molar-refractivity contribution in [2.24, 2.45) is 11.3 Å². The largest absolute Gasteiger partial charge is 0.485 e. The molecule has 67 heavy (non-hydrogen) atoms. The highest BCUT2D eigenvalue weighted by atomic mass is 32.2. The first kappa shape index (κ1) is 43.8. The number of carbonyl (C=O) groups is 1. The maximum Gasteiger partial charge on any atom is 0.316 e. The quantitative estimate of drug-likeness (QED) is 0.0848. The minimum Gasteiger partial charge on any atom is -0.485 e. The van der Waals surface area contributed by atoms with Crippen molar-refractivity contribution in [3.8, 4) is 23.0 Å². The average molecular weight is 933 g/mol. The molecule has 5 fully saturated rings. The summed E-state index contributed by atoms with van der Waals surface area (Å²) in [5.74, 6) is -0.113. The lowest BCUT2D eigenvalue weighted by Gasteiger charge is -2.57. The number of aromatic amines is 1. The van der Waals surface area contributed by atoms with Gasteiger partial charge in [0.25, 0.3) is 15.9 Å². The number of aliphatic hydroxyl groups is 1. The lowest BCUT2D eigenvalue weighted by molar-refractivity contribution is -0.386. The smallest absolute Gasteiger partial charge is 0.316 e. The number of anilines is 1. The minimum atomic E-state index is -4.69. The molecule has 5 aromatic rings. The van der Waals surface area contributed by atoms with Crippen molar-refractivity contribution in [2.45, 2.75) is 106 Å². The SMILES string of the molecule is CC1(O)CCC([C@@H]2COc3cc(S(=O)(=O)NC(=O)c4ccc(N5CCC6(CC5)CC(N5CCOCC5c5ccccc5C5CC5)C6)cc4Oc4cnc5[nH]ccc5c4)cc([N+](=O)[O-])c3O2)CC1. The van der Waals surface area contributed by atoms with Crippen molar-refractivity contribution in [1.82, 2.24) is 19.6 Å². The number of hydrogen-bond acceptors (Lipinski definition) is 13. The highest BCUT2D eigenvalue weighted by Crippen LogP contribution is 2.54. The Kier molecular flexibility index (Phi) is 11.2. The molecule has 2 aromatic heterocycles. The average Bonchev–Trinajstić information content (AvgIpc) is 4.06. The maximum atomic E-state index is 14.1. The van der Waals surface area contributed by atoms with Gasteiger partial charge in [0, 0.05) is 61.1 Å². The standard InChI is InChI=1S/C50H56N6O10S/c1-49(58)13-10-32(11-14-49)45-30-64-44-25-37(24-41(56(59)60)46(44)66-45)67(61,62)53-48(57)40-9-8-34(23-43(40)65-36-22-33-12-17-51-47(33)52-28-36)54-18-15-50(16-19-54)26-35(27-50)55-20-21-63-29-42(55)39-5-3-2-4-38(39)31-6-7-31/h2-5,8-9,12,17,22-25,28,31-32,35,42,45,58H,6-7,10-11,13-16,18-21,26-27,29-30H2,1H3,(H,51,52)(H,53,57)/t32?,42?,45-,49?/m0/s1. The lowest BCUT2D eigenvalue weighted by Crippen LogP contribution is -2.58. The number of fused-ring (bicyclic) bond motifs is 2. The van der Waals surface area contributed by atoms with Crippen LogP contribution in [0, 0.1) is 21.4 Å². The third-order valence-electron chi connectivity index (χ3n) is 15.4. The van der Waals surface area contributed by atoms with Crippen LogP contribution in [0.1, 0.15) is 105 Å². The monoisotopic (exact) mass is 932 g/mol. The Hall–Kier alpha value is -5.75. The summed E-state index contributed by atoms with van der Waals surface area (Å²) < 4.78 is 54.5. The van der Waals surface area contributed by atoms with Crippen LogP contribution in [0.25, 0.3) is 11.0 Å². The molecular weight excluding hydrogens is 877 g/mol. The first-order chi connectivity index (χ1) is 32.3. The molecule has 3 aliphatic carbocycles. The molecule has 6 aliphatic rings. The minimum absolute atomic E-state index is 0.00394. The molecule has 352 valence electrons. The van der Waals surface area contributed by atoms with Gasteiger partial charge in [-0.25, -0.2) is 18.1 Å². The summed E-state index contributed by atoms with van der Waals surface area (Å²) >= 11 is 0. The molecule has 5 heterocycles. The summed E-state index contributed by atoms with van der Waals surface area (Å²) in [5, 5.41) is 23.6. The summed E-state index contributed by atoms with van der Waals surface area (Å²) in [5.41, 5.74) is 3.25. The second kappa shape index (κ2) is 17.1. The molecule has 17 heteroatoms. The van der Waals surface area contributed by atoms with Crippen LogP contribution < -0.4 is 23.8 Å². The van der Waals surface area contributed by atoms with Gasteiger partial charge in [-0.1, -0.05) is 24.3 Å².